The summed E-state index contributed by atoms with van der Waals surface area (Å²) < 4.78 is 5.65. The molecule has 1 rings (SSSR count). The van der Waals surface area contributed by atoms with Gasteiger partial charge in [-0.05, 0) is 25.8 Å². The van der Waals surface area contributed by atoms with Gasteiger partial charge in [0.2, 0.25) is 0 Å². The predicted molar refractivity (Wildman–Crippen MR) is 56.6 cm³/mol. The van der Waals surface area contributed by atoms with Gasteiger partial charge in [0.1, 0.15) is 0 Å². The molecule has 0 atom stereocenters. The number of rotatable bonds is 5. The van der Waals surface area contributed by atoms with Crippen molar-refractivity contribution in [2.24, 2.45) is 0 Å². The van der Waals surface area contributed by atoms with Gasteiger partial charge in [-0.1, -0.05) is 31.4 Å². The van der Waals surface area contributed by atoms with Gasteiger partial charge in [-0.3, -0.25) is 0 Å². The fourth-order valence-electron chi connectivity index (χ4n) is 1.40. The second kappa shape index (κ2) is 5.85. The summed E-state index contributed by atoms with van der Waals surface area (Å²) >= 11 is 0. The molecule has 0 unspecified atom stereocenters. The van der Waals surface area contributed by atoms with E-state index in [2.05, 4.69) is 26.0 Å². The van der Waals surface area contributed by atoms with Crippen molar-refractivity contribution in [3.8, 4) is 0 Å². The fourth-order valence-corrected chi connectivity index (χ4v) is 1.40. The molecule has 0 amide bonds. The quantitative estimate of drug-likeness (QED) is 0.584. The van der Waals surface area contributed by atoms with Gasteiger partial charge in [0.25, 0.3) is 0 Å². The van der Waals surface area contributed by atoms with Crippen LogP contribution in [0.2, 0.25) is 0 Å². The fraction of sp³-hybridized carbons (Fsp3) is 0.667. The molecule has 0 N–H and O–H groups in total. The van der Waals surface area contributed by atoms with E-state index < -0.39 is 0 Å². The lowest BCUT2D eigenvalue weighted by Crippen LogP contribution is -1.98. The zero-order valence-corrected chi connectivity index (χ0v) is 8.81. The molecule has 0 fully saturated rings. The monoisotopic (exact) mass is 180 g/mol. The zero-order valence-electron chi connectivity index (χ0n) is 8.81. The summed E-state index contributed by atoms with van der Waals surface area (Å²) in [6, 6.07) is 0. The van der Waals surface area contributed by atoms with Gasteiger partial charge in [-0.25, -0.2) is 0 Å². The van der Waals surface area contributed by atoms with Crippen molar-refractivity contribution in [3.05, 3.63) is 23.5 Å². The van der Waals surface area contributed by atoms with Crippen LogP contribution in [0, 0.1) is 0 Å². The number of unbranched alkanes of at least 4 members (excludes halogenated alkanes) is 2. The van der Waals surface area contributed by atoms with E-state index in [9.17, 15) is 0 Å². The Labute approximate surface area is 81.5 Å². The first-order valence-electron chi connectivity index (χ1n) is 5.32. The van der Waals surface area contributed by atoms with Crippen LogP contribution in [0.25, 0.3) is 0 Å². The van der Waals surface area contributed by atoms with E-state index in [4.69, 9.17) is 4.74 Å². The third kappa shape index (κ3) is 4.16. The van der Waals surface area contributed by atoms with E-state index in [0.717, 1.165) is 13.0 Å². The topological polar surface area (TPSA) is 9.23 Å². The van der Waals surface area contributed by atoms with Crippen molar-refractivity contribution in [3.63, 3.8) is 0 Å². The van der Waals surface area contributed by atoms with E-state index >= 15 is 0 Å². The van der Waals surface area contributed by atoms with Gasteiger partial charge in [-0.2, -0.15) is 0 Å². The van der Waals surface area contributed by atoms with Crippen LogP contribution in [0.1, 0.15) is 46.0 Å². The average molecular weight is 180 g/mol. The summed E-state index contributed by atoms with van der Waals surface area (Å²) in [6.45, 7) is 5.28. The van der Waals surface area contributed by atoms with Crippen LogP contribution in [0.4, 0.5) is 0 Å². The Hall–Kier alpha value is -0.720. The molecule has 1 heteroatoms. The molecular formula is C12H20O. The van der Waals surface area contributed by atoms with Crippen LogP contribution >= 0.6 is 0 Å². The third-order valence-electron chi connectivity index (χ3n) is 2.35. The standard InChI is InChI=1S/C12H20O/c1-3-4-5-10-13-12-8-6-11(2)7-9-12/h6,8H,3-5,7,9-10H2,1-2H3. The molecule has 1 nitrogen and oxygen atoms in total. The number of hydrogen-bond donors (Lipinski definition) is 0. The van der Waals surface area contributed by atoms with Crippen molar-refractivity contribution in [1.82, 2.24) is 0 Å². The maximum Gasteiger partial charge on any atom is 0.0962 e. The first kappa shape index (κ1) is 10.4. The average Bonchev–Trinajstić information content (AvgIpc) is 2.15. The molecule has 1 aliphatic rings. The molecule has 0 aliphatic heterocycles. The van der Waals surface area contributed by atoms with Crippen LogP contribution in [0.15, 0.2) is 23.5 Å². The van der Waals surface area contributed by atoms with Gasteiger partial charge < -0.3 is 4.74 Å². The summed E-state index contributed by atoms with van der Waals surface area (Å²) in [5.74, 6) is 1.17. The van der Waals surface area contributed by atoms with E-state index in [-0.39, 0.29) is 0 Å². The van der Waals surface area contributed by atoms with Gasteiger partial charge in [0, 0.05) is 6.42 Å². The second-order valence-corrected chi connectivity index (χ2v) is 3.70. The molecule has 0 heterocycles. The molecule has 0 aromatic heterocycles. The highest BCUT2D eigenvalue weighted by molar-refractivity contribution is 5.19. The summed E-state index contributed by atoms with van der Waals surface area (Å²) in [5, 5.41) is 0. The number of allylic oxidation sites excluding steroid dienone is 4. The third-order valence-corrected chi connectivity index (χ3v) is 2.35. The molecule has 0 saturated heterocycles. The molecule has 1 aliphatic carbocycles. The molecular weight excluding hydrogens is 160 g/mol. The molecule has 74 valence electrons. The number of hydrogen-bond acceptors (Lipinski definition) is 1. The van der Waals surface area contributed by atoms with Crippen LogP contribution in [0.3, 0.4) is 0 Å². The highest BCUT2D eigenvalue weighted by Crippen LogP contribution is 2.18. The first-order chi connectivity index (χ1) is 6.33. The summed E-state index contributed by atoms with van der Waals surface area (Å²) in [5.41, 5.74) is 1.46. The summed E-state index contributed by atoms with van der Waals surface area (Å²) in [4.78, 5) is 0. The SMILES string of the molecule is CCCCCOC1=CC=C(C)CC1. The molecule has 0 bridgehead atoms. The minimum absolute atomic E-state index is 0.895. The van der Waals surface area contributed by atoms with Crippen LogP contribution in [0.5, 0.6) is 0 Å². The Balaban J connectivity index is 2.15. The Kier molecular flexibility index (Phi) is 4.66. The lowest BCUT2D eigenvalue weighted by Gasteiger charge is -2.13. The molecule has 13 heavy (non-hydrogen) atoms. The van der Waals surface area contributed by atoms with Crippen LogP contribution in [-0.2, 0) is 4.74 Å². The highest BCUT2D eigenvalue weighted by atomic mass is 16.5. The Morgan fingerprint density at radius 3 is 2.69 bits per heavy atom. The minimum atomic E-state index is 0.895. The van der Waals surface area contributed by atoms with E-state index in [0.29, 0.717) is 0 Å². The van der Waals surface area contributed by atoms with Crippen molar-refractivity contribution >= 4 is 0 Å². The highest BCUT2D eigenvalue weighted by Gasteiger charge is 2.03. The zero-order chi connectivity index (χ0) is 9.52. The van der Waals surface area contributed by atoms with Gasteiger partial charge in [0.05, 0.1) is 12.4 Å². The van der Waals surface area contributed by atoms with E-state index in [1.54, 1.807) is 0 Å². The van der Waals surface area contributed by atoms with Crippen LogP contribution < -0.4 is 0 Å². The molecule has 0 spiro atoms. The second-order valence-electron chi connectivity index (χ2n) is 3.70. The molecule has 0 aromatic rings. The summed E-state index contributed by atoms with van der Waals surface area (Å²) in [7, 11) is 0. The minimum Gasteiger partial charge on any atom is -0.498 e. The first-order valence-corrected chi connectivity index (χ1v) is 5.32. The Bertz CT molecular complexity index is 201. The van der Waals surface area contributed by atoms with Crippen molar-refractivity contribution < 1.29 is 4.74 Å². The summed E-state index contributed by atoms with van der Waals surface area (Å²) in [6.07, 6.45) is 10.3. The van der Waals surface area contributed by atoms with Crippen LogP contribution in [-0.4, -0.2) is 6.61 Å². The molecule has 0 aromatic carbocycles. The Morgan fingerprint density at radius 1 is 1.23 bits per heavy atom. The smallest absolute Gasteiger partial charge is 0.0962 e. The predicted octanol–water partition coefficient (Wildman–Crippen LogP) is 3.82. The normalized spacial score (nSPS) is 16.5. The lowest BCUT2D eigenvalue weighted by molar-refractivity contribution is 0.195. The van der Waals surface area contributed by atoms with Gasteiger partial charge in [-0.15, -0.1) is 0 Å². The van der Waals surface area contributed by atoms with Crippen molar-refractivity contribution in [1.29, 1.82) is 0 Å². The number of ether oxygens (including phenoxy) is 1. The van der Waals surface area contributed by atoms with Crippen molar-refractivity contribution in [2.45, 2.75) is 46.0 Å². The van der Waals surface area contributed by atoms with Crippen molar-refractivity contribution in [2.75, 3.05) is 6.61 Å². The van der Waals surface area contributed by atoms with E-state index in [1.165, 1.54) is 37.0 Å². The van der Waals surface area contributed by atoms with Gasteiger partial charge >= 0.3 is 0 Å². The largest absolute Gasteiger partial charge is 0.498 e. The maximum absolute atomic E-state index is 5.65. The maximum atomic E-state index is 5.65. The molecule has 0 radical (unpaired) electrons. The Morgan fingerprint density at radius 2 is 2.08 bits per heavy atom. The van der Waals surface area contributed by atoms with Gasteiger partial charge in [0.15, 0.2) is 0 Å². The van der Waals surface area contributed by atoms with E-state index in [1.807, 2.05) is 0 Å². The lowest BCUT2D eigenvalue weighted by atomic mass is 10.1. The molecule has 0 saturated carbocycles.